The molecule has 1 heterocycles. The average Bonchev–Trinajstić information content (AvgIpc) is 3.66. The minimum Gasteiger partial charge on any atom is -0.496 e. The number of benzene rings is 1. The van der Waals surface area contributed by atoms with Crippen LogP contribution >= 0.6 is 12.0 Å². The third-order valence-electron chi connectivity index (χ3n) is 6.21. The zero-order valence-corrected chi connectivity index (χ0v) is 21.2. The van der Waals surface area contributed by atoms with Crippen molar-refractivity contribution in [1.82, 2.24) is 4.31 Å². The lowest BCUT2D eigenvalue weighted by Crippen LogP contribution is -2.38. The molecule has 3 aliphatic rings. The van der Waals surface area contributed by atoms with E-state index in [9.17, 15) is 18.2 Å². The first kappa shape index (κ1) is 25.5. The largest absolute Gasteiger partial charge is 0.496 e. The van der Waals surface area contributed by atoms with Crippen LogP contribution in [0.4, 0.5) is 9.18 Å². The van der Waals surface area contributed by atoms with E-state index in [0.717, 1.165) is 23.9 Å². The summed E-state index contributed by atoms with van der Waals surface area (Å²) in [5.41, 5.74) is 0.427. The maximum Gasteiger partial charge on any atom is 0.426 e. The molecule has 0 bridgehead atoms. The predicted molar refractivity (Wildman–Crippen MR) is 128 cm³/mol. The SMILES string of the molecule is COC(=O)C1=C2OC[C@@H]3C[C@@H]3C2CC=C1N(C(=O)OC)S(=O)c1ccc(F)cc1/C=C\COSC. The van der Waals surface area contributed by atoms with Gasteiger partial charge in [0.1, 0.15) is 17.1 Å². The van der Waals surface area contributed by atoms with E-state index in [1.165, 1.54) is 31.3 Å². The lowest BCUT2D eigenvalue weighted by Gasteiger charge is -2.33. The molecule has 0 N–H and O–H groups in total. The van der Waals surface area contributed by atoms with E-state index in [1.54, 1.807) is 24.5 Å². The van der Waals surface area contributed by atoms with Crippen LogP contribution < -0.4 is 0 Å². The molecular formula is C24H26FNO7S2. The number of amides is 1. The van der Waals surface area contributed by atoms with Gasteiger partial charge in [0.15, 0.2) is 11.0 Å². The van der Waals surface area contributed by atoms with Crippen LogP contribution in [0.15, 0.2) is 52.3 Å². The molecule has 1 aromatic carbocycles. The van der Waals surface area contributed by atoms with Crippen LogP contribution in [0, 0.1) is 23.6 Å². The predicted octanol–water partition coefficient (Wildman–Crippen LogP) is 4.22. The first-order chi connectivity index (χ1) is 16.9. The van der Waals surface area contributed by atoms with Gasteiger partial charge in [-0.15, -0.1) is 0 Å². The topological polar surface area (TPSA) is 91.4 Å². The molecule has 1 saturated carbocycles. The maximum absolute atomic E-state index is 14.0. The summed E-state index contributed by atoms with van der Waals surface area (Å²) >= 11 is 1.18. The molecule has 4 atom stereocenters. The Morgan fingerprint density at radius 2 is 2.11 bits per heavy atom. The summed E-state index contributed by atoms with van der Waals surface area (Å²) < 4.78 is 49.9. The van der Waals surface area contributed by atoms with E-state index in [2.05, 4.69) is 0 Å². The Balaban J connectivity index is 1.76. The highest BCUT2D eigenvalue weighted by Crippen LogP contribution is 2.55. The lowest BCUT2D eigenvalue weighted by molar-refractivity contribution is -0.136. The van der Waals surface area contributed by atoms with Crippen molar-refractivity contribution in [3.63, 3.8) is 0 Å². The van der Waals surface area contributed by atoms with Crippen molar-refractivity contribution < 1.29 is 36.6 Å². The molecule has 2 unspecified atom stereocenters. The number of halogens is 1. The molecule has 1 amide bonds. The number of methoxy groups -OCH3 is 2. The molecule has 11 heteroatoms. The minimum atomic E-state index is -2.20. The Hall–Kier alpha value is -2.63. The second-order valence-electron chi connectivity index (χ2n) is 8.18. The van der Waals surface area contributed by atoms with Crippen molar-refractivity contribution in [1.29, 1.82) is 0 Å². The third-order valence-corrected chi connectivity index (χ3v) is 8.00. The van der Waals surface area contributed by atoms with Gasteiger partial charge in [0.25, 0.3) is 0 Å². The highest BCUT2D eigenvalue weighted by atomic mass is 32.2. The van der Waals surface area contributed by atoms with Gasteiger partial charge in [-0.25, -0.2) is 18.2 Å². The lowest BCUT2D eigenvalue weighted by atomic mass is 9.86. The van der Waals surface area contributed by atoms with Gasteiger partial charge in [-0.05, 0) is 60.5 Å². The van der Waals surface area contributed by atoms with Crippen LogP contribution in [-0.4, -0.2) is 54.3 Å². The second-order valence-corrected chi connectivity index (χ2v) is 10.1. The summed E-state index contributed by atoms with van der Waals surface area (Å²) in [4.78, 5) is 26.0. The number of rotatable bonds is 8. The molecule has 0 spiro atoms. The van der Waals surface area contributed by atoms with E-state index in [4.69, 9.17) is 18.4 Å². The van der Waals surface area contributed by atoms with E-state index < -0.39 is 28.9 Å². The summed E-state index contributed by atoms with van der Waals surface area (Å²) in [6.07, 6.45) is 7.25. The van der Waals surface area contributed by atoms with Gasteiger partial charge in [-0.3, -0.25) is 0 Å². The van der Waals surface area contributed by atoms with Gasteiger partial charge in [0.05, 0.1) is 38.0 Å². The quantitative estimate of drug-likeness (QED) is 0.284. The van der Waals surface area contributed by atoms with Crippen molar-refractivity contribution in [2.45, 2.75) is 17.7 Å². The standard InChI is InChI=1S/C24H26FNO7S2/c1-30-23(27)21-19(8-7-17-18-12-15(18)13-32-22(17)21)26(24(28)31-2)35(29)20-9-6-16(25)11-14(20)5-4-10-33-34-3/h4-6,8-9,11,15,17-18H,7,10,12-13H2,1-3H3/b5-4-/t15-,17?,18-,35?/m0/s1. The van der Waals surface area contributed by atoms with Crippen LogP contribution in [0.2, 0.25) is 0 Å². The van der Waals surface area contributed by atoms with Crippen molar-refractivity contribution in [2.24, 2.45) is 17.8 Å². The van der Waals surface area contributed by atoms with E-state index in [1.807, 2.05) is 0 Å². The number of hydrogen-bond acceptors (Lipinski definition) is 8. The van der Waals surface area contributed by atoms with Gasteiger partial charge in [-0.2, -0.15) is 4.31 Å². The third kappa shape index (κ3) is 5.17. The number of ether oxygens (including phenoxy) is 3. The molecule has 4 rings (SSSR count). The van der Waals surface area contributed by atoms with Gasteiger partial charge in [0.2, 0.25) is 0 Å². The summed E-state index contributed by atoms with van der Waals surface area (Å²) in [5.74, 6) is 0.0901. The van der Waals surface area contributed by atoms with Crippen LogP contribution in [0.25, 0.3) is 6.08 Å². The number of nitrogens with zero attached hydrogens (tertiary/aromatic N) is 1. The molecule has 8 nitrogen and oxygen atoms in total. The van der Waals surface area contributed by atoms with Crippen molar-refractivity contribution >= 4 is 41.2 Å². The fourth-order valence-electron chi connectivity index (χ4n) is 4.48. The number of carbonyl (C=O) groups is 2. The van der Waals surface area contributed by atoms with Crippen LogP contribution in [-0.2, 0) is 34.2 Å². The van der Waals surface area contributed by atoms with Crippen molar-refractivity contribution in [3.8, 4) is 0 Å². The normalized spacial score (nSPS) is 23.5. The van der Waals surface area contributed by atoms with Crippen LogP contribution in [0.1, 0.15) is 18.4 Å². The number of carbonyl (C=O) groups excluding carboxylic acids is 2. The fourth-order valence-corrected chi connectivity index (χ4v) is 5.96. The van der Waals surface area contributed by atoms with Crippen molar-refractivity contribution in [2.75, 3.05) is 33.7 Å². The Morgan fingerprint density at radius 3 is 2.83 bits per heavy atom. The van der Waals surface area contributed by atoms with E-state index in [0.29, 0.717) is 36.2 Å². The number of hydrogen-bond donors (Lipinski definition) is 0. The van der Waals surface area contributed by atoms with E-state index in [-0.39, 0.29) is 28.7 Å². The summed E-state index contributed by atoms with van der Waals surface area (Å²) in [7, 11) is 0.192. The number of esters is 1. The maximum atomic E-state index is 14.0. The van der Waals surface area contributed by atoms with Gasteiger partial charge < -0.3 is 18.4 Å². The molecule has 1 aromatic rings. The zero-order chi connectivity index (χ0) is 25.1. The highest BCUT2D eigenvalue weighted by Gasteiger charge is 2.52. The number of allylic oxidation sites excluding steroid dienone is 2. The summed E-state index contributed by atoms with van der Waals surface area (Å²) in [6, 6.07) is 3.70. The zero-order valence-electron chi connectivity index (χ0n) is 19.5. The Labute approximate surface area is 209 Å². The molecule has 2 fully saturated rings. The molecule has 188 valence electrons. The van der Waals surface area contributed by atoms with Gasteiger partial charge >= 0.3 is 12.1 Å². The fraction of sp³-hybridized carbons (Fsp3) is 0.417. The van der Waals surface area contributed by atoms with Gasteiger partial charge in [-0.1, -0.05) is 18.2 Å². The Bertz CT molecular complexity index is 1130. The minimum absolute atomic E-state index is 0.000262. The summed E-state index contributed by atoms with van der Waals surface area (Å²) in [6.45, 7) is 0.728. The van der Waals surface area contributed by atoms with Crippen LogP contribution in [0.5, 0.6) is 0 Å². The smallest absolute Gasteiger partial charge is 0.426 e. The molecular weight excluding hydrogens is 497 g/mol. The van der Waals surface area contributed by atoms with Crippen molar-refractivity contribution in [3.05, 3.63) is 58.8 Å². The first-order valence-electron chi connectivity index (χ1n) is 11.0. The van der Waals surface area contributed by atoms with Crippen LogP contribution in [0.3, 0.4) is 0 Å². The molecule has 35 heavy (non-hydrogen) atoms. The average molecular weight is 524 g/mol. The molecule has 1 aliphatic heterocycles. The molecule has 1 saturated heterocycles. The Kier molecular flexibility index (Phi) is 7.98. The Morgan fingerprint density at radius 1 is 1.31 bits per heavy atom. The second kappa shape index (κ2) is 11.0. The highest BCUT2D eigenvalue weighted by molar-refractivity contribution is 7.93. The summed E-state index contributed by atoms with van der Waals surface area (Å²) in [5, 5.41) is 0. The first-order valence-corrected chi connectivity index (χ1v) is 13.2. The van der Waals surface area contributed by atoms with E-state index >= 15 is 0 Å². The van der Waals surface area contributed by atoms with Gasteiger partial charge in [0, 0.05) is 12.2 Å². The monoisotopic (exact) mass is 523 g/mol. The molecule has 2 aliphatic carbocycles. The number of fused-ring (bicyclic) bond motifs is 3. The molecule has 0 aromatic heterocycles. The molecule has 0 radical (unpaired) electrons.